The number of rotatable bonds is 4. The van der Waals surface area contributed by atoms with Gasteiger partial charge in [-0.05, 0) is 55.2 Å². The van der Waals surface area contributed by atoms with Gasteiger partial charge in [0, 0.05) is 34.2 Å². The topological polar surface area (TPSA) is 39.9 Å². The predicted octanol–water partition coefficient (Wildman–Crippen LogP) is 4.27. The molecule has 0 aliphatic heterocycles. The first-order valence-electron chi connectivity index (χ1n) is 8.02. The molecule has 0 spiro atoms. The number of hydrogen-bond donors (Lipinski definition) is 3. The van der Waals surface area contributed by atoms with E-state index in [1.807, 2.05) is 0 Å². The van der Waals surface area contributed by atoms with Gasteiger partial charge in [0.1, 0.15) is 0 Å². The van der Waals surface area contributed by atoms with Gasteiger partial charge in [0.15, 0.2) is 5.11 Å². The molecule has 1 fully saturated rings. The third-order valence-corrected chi connectivity index (χ3v) is 5.11. The van der Waals surface area contributed by atoms with Gasteiger partial charge in [-0.2, -0.15) is 0 Å². The normalized spacial score (nSPS) is 15.9. The first-order valence-corrected chi connectivity index (χ1v) is 9.22. The Morgan fingerprint density at radius 3 is 2.91 bits per heavy atom. The Hall–Kier alpha value is -1.07. The first kappa shape index (κ1) is 15.8. The molecule has 1 heterocycles. The minimum Gasteiger partial charge on any atom is -0.362 e. The van der Waals surface area contributed by atoms with Crippen molar-refractivity contribution < 1.29 is 0 Å². The lowest BCUT2D eigenvalue weighted by Gasteiger charge is -2.24. The van der Waals surface area contributed by atoms with Crippen molar-refractivity contribution in [2.24, 2.45) is 0 Å². The summed E-state index contributed by atoms with van der Waals surface area (Å²) in [6.07, 6.45) is 9.57. The second-order valence-corrected chi connectivity index (χ2v) is 7.31. The van der Waals surface area contributed by atoms with Gasteiger partial charge in [-0.15, -0.1) is 0 Å². The molecular weight excluding hydrogens is 358 g/mol. The third-order valence-electron chi connectivity index (χ3n) is 4.35. The van der Waals surface area contributed by atoms with E-state index in [4.69, 9.17) is 12.2 Å². The average Bonchev–Trinajstić information content (AvgIpc) is 2.91. The van der Waals surface area contributed by atoms with E-state index in [1.54, 1.807) is 0 Å². The van der Waals surface area contributed by atoms with E-state index in [-0.39, 0.29) is 0 Å². The maximum absolute atomic E-state index is 5.41. The molecule has 0 saturated heterocycles. The molecule has 1 saturated carbocycles. The van der Waals surface area contributed by atoms with Crippen molar-refractivity contribution in [3.63, 3.8) is 0 Å². The lowest BCUT2D eigenvalue weighted by Crippen LogP contribution is -2.43. The second-order valence-electron chi connectivity index (χ2n) is 5.99. The Labute approximate surface area is 145 Å². The van der Waals surface area contributed by atoms with Crippen LogP contribution in [0.2, 0.25) is 0 Å². The SMILES string of the molecule is S=C(NCCc1c[nH]c2ccc(Br)cc12)NC1CCCCC1. The summed E-state index contributed by atoms with van der Waals surface area (Å²) in [6, 6.07) is 6.90. The van der Waals surface area contributed by atoms with Crippen LogP contribution in [-0.4, -0.2) is 22.7 Å². The quantitative estimate of drug-likeness (QED) is 0.694. The molecule has 0 amide bonds. The minimum atomic E-state index is 0.567. The van der Waals surface area contributed by atoms with E-state index in [0.717, 1.165) is 22.6 Å². The van der Waals surface area contributed by atoms with Gasteiger partial charge in [0.05, 0.1) is 0 Å². The van der Waals surface area contributed by atoms with Gasteiger partial charge in [0.25, 0.3) is 0 Å². The summed E-state index contributed by atoms with van der Waals surface area (Å²) in [5, 5.41) is 8.87. The van der Waals surface area contributed by atoms with Crippen LogP contribution in [0.1, 0.15) is 37.7 Å². The molecular formula is C17H22BrN3S. The highest BCUT2D eigenvalue weighted by molar-refractivity contribution is 9.10. The molecule has 0 atom stereocenters. The lowest BCUT2D eigenvalue weighted by molar-refractivity contribution is 0.412. The highest BCUT2D eigenvalue weighted by Crippen LogP contribution is 2.22. The van der Waals surface area contributed by atoms with Crippen LogP contribution in [0.4, 0.5) is 0 Å². The van der Waals surface area contributed by atoms with Crippen LogP contribution in [0.25, 0.3) is 10.9 Å². The zero-order valence-electron chi connectivity index (χ0n) is 12.6. The van der Waals surface area contributed by atoms with Crippen molar-refractivity contribution >= 4 is 44.2 Å². The zero-order chi connectivity index (χ0) is 15.4. The van der Waals surface area contributed by atoms with Crippen LogP contribution < -0.4 is 10.6 Å². The fraction of sp³-hybridized carbons (Fsp3) is 0.471. The van der Waals surface area contributed by atoms with E-state index in [2.05, 4.69) is 55.9 Å². The van der Waals surface area contributed by atoms with Crippen LogP contribution in [0.5, 0.6) is 0 Å². The fourth-order valence-electron chi connectivity index (χ4n) is 3.15. The number of nitrogens with one attached hydrogen (secondary N) is 3. The smallest absolute Gasteiger partial charge is 0.166 e. The molecule has 2 aromatic rings. The number of benzene rings is 1. The molecule has 1 aromatic carbocycles. The molecule has 1 aliphatic rings. The largest absolute Gasteiger partial charge is 0.362 e. The molecule has 3 rings (SSSR count). The summed E-state index contributed by atoms with van der Waals surface area (Å²) in [5.74, 6) is 0. The number of thiocarbonyl (C=S) groups is 1. The van der Waals surface area contributed by atoms with Crippen molar-refractivity contribution in [2.45, 2.75) is 44.6 Å². The second kappa shape index (κ2) is 7.47. The monoisotopic (exact) mass is 379 g/mol. The number of aromatic amines is 1. The number of aromatic nitrogens is 1. The summed E-state index contributed by atoms with van der Waals surface area (Å²) in [6.45, 7) is 0.859. The number of H-pyrrole nitrogens is 1. The molecule has 5 heteroatoms. The van der Waals surface area contributed by atoms with Gasteiger partial charge < -0.3 is 15.6 Å². The Morgan fingerprint density at radius 2 is 2.09 bits per heavy atom. The molecule has 0 bridgehead atoms. The fourth-order valence-corrected chi connectivity index (χ4v) is 3.78. The Balaban J connectivity index is 1.49. The summed E-state index contributed by atoms with van der Waals surface area (Å²) >= 11 is 8.95. The number of fused-ring (bicyclic) bond motifs is 1. The Morgan fingerprint density at radius 1 is 1.27 bits per heavy atom. The molecule has 0 unspecified atom stereocenters. The molecule has 1 aliphatic carbocycles. The van der Waals surface area contributed by atoms with E-state index in [9.17, 15) is 0 Å². The summed E-state index contributed by atoms with van der Waals surface area (Å²) in [7, 11) is 0. The van der Waals surface area contributed by atoms with Crippen molar-refractivity contribution in [1.29, 1.82) is 0 Å². The maximum Gasteiger partial charge on any atom is 0.166 e. The molecule has 0 radical (unpaired) electrons. The third kappa shape index (κ3) is 4.02. The lowest BCUT2D eigenvalue weighted by atomic mass is 9.96. The maximum atomic E-state index is 5.41. The van der Waals surface area contributed by atoms with E-state index in [1.165, 1.54) is 48.6 Å². The van der Waals surface area contributed by atoms with Gasteiger partial charge >= 0.3 is 0 Å². The van der Waals surface area contributed by atoms with E-state index in [0.29, 0.717) is 6.04 Å². The summed E-state index contributed by atoms with van der Waals surface area (Å²) in [5.41, 5.74) is 2.50. The number of halogens is 1. The Bertz CT molecular complexity index is 646. The van der Waals surface area contributed by atoms with Crippen molar-refractivity contribution in [1.82, 2.24) is 15.6 Å². The van der Waals surface area contributed by atoms with Crippen LogP contribution in [0.15, 0.2) is 28.9 Å². The molecule has 22 heavy (non-hydrogen) atoms. The standard InChI is InChI=1S/C17H22BrN3S/c18-13-6-7-16-15(10-13)12(11-20-16)8-9-19-17(22)21-14-4-2-1-3-5-14/h6-7,10-11,14,20H,1-5,8-9H2,(H2,19,21,22). The highest BCUT2D eigenvalue weighted by atomic mass is 79.9. The summed E-state index contributed by atoms with van der Waals surface area (Å²) < 4.78 is 1.11. The van der Waals surface area contributed by atoms with Crippen molar-refractivity contribution in [3.05, 3.63) is 34.4 Å². The molecule has 1 aromatic heterocycles. The summed E-state index contributed by atoms with van der Waals surface area (Å²) in [4.78, 5) is 3.32. The van der Waals surface area contributed by atoms with Crippen LogP contribution in [0.3, 0.4) is 0 Å². The zero-order valence-corrected chi connectivity index (χ0v) is 15.0. The van der Waals surface area contributed by atoms with Crippen molar-refractivity contribution in [2.75, 3.05) is 6.54 Å². The average molecular weight is 380 g/mol. The van der Waals surface area contributed by atoms with Crippen LogP contribution >= 0.6 is 28.1 Å². The van der Waals surface area contributed by atoms with E-state index < -0.39 is 0 Å². The molecule has 118 valence electrons. The minimum absolute atomic E-state index is 0.567. The van der Waals surface area contributed by atoms with Gasteiger partial charge in [-0.3, -0.25) is 0 Å². The van der Waals surface area contributed by atoms with Gasteiger partial charge in [-0.1, -0.05) is 35.2 Å². The molecule has 3 N–H and O–H groups in total. The van der Waals surface area contributed by atoms with Gasteiger partial charge in [-0.25, -0.2) is 0 Å². The molecule has 3 nitrogen and oxygen atoms in total. The Kier molecular flexibility index (Phi) is 5.37. The van der Waals surface area contributed by atoms with Crippen LogP contribution in [0, 0.1) is 0 Å². The van der Waals surface area contributed by atoms with Gasteiger partial charge in [0.2, 0.25) is 0 Å². The highest BCUT2D eigenvalue weighted by Gasteiger charge is 2.13. The van der Waals surface area contributed by atoms with Crippen LogP contribution in [-0.2, 0) is 6.42 Å². The van der Waals surface area contributed by atoms with Crippen molar-refractivity contribution in [3.8, 4) is 0 Å². The predicted molar refractivity (Wildman–Crippen MR) is 100 cm³/mol. The first-order chi connectivity index (χ1) is 10.7. The van der Waals surface area contributed by atoms with E-state index >= 15 is 0 Å². The number of hydrogen-bond acceptors (Lipinski definition) is 1.